The molecule has 1 aliphatic heterocycles. The van der Waals surface area contributed by atoms with E-state index >= 15 is 0 Å². The van der Waals surface area contributed by atoms with E-state index in [1.165, 1.54) is 0 Å². The van der Waals surface area contributed by atoms with Crippen molar-refractivity contribution in [3.05, 3.63) is 35.4 Å². The van der Waals surface area contributed by atoms with Gasteiger partial charge in [-0.1, -0.05) is 0 Å². The van der Waals surface area contributed by atoms with Crippen LogP contribution in [-0.2, 0) is 11.3 Å². The average Bonchev–Trinajstić information content (AvgIpc) is 2.41. The molecule has 1 amide bonds. The van der Waals surface area contributed by atoms with Gasteiger partial charge < -0.3 is 10.6 Å². The third-order valence-electron chi connectivity index (χ3n) is 2.91. The van der Waals surface area contributed by atoms with Gasteiger partial charge in [0.1, 0.15) is 11.6 Å². The Kier molecular flexibility index (Phi) is 5.15. The maximum absolute atomic E-state index is 13.3. The fraction of sp³-hybridized carbons (Fsp3) is 0.462. The van der Waals surface area contributed by atoms with E-state index in [0.29, 0.717) is 6.42 Å². The highest BCUT2D eigenvalue weighted by atomic mass is 32.2. The van der Waals surface area contributed by atoms with Gasteiger partial charge in [-0.15, -0.1) is 0 Å². The van der Waals surface area contributed by atoms with Crippen LogP contribution in [0.15, 0.2) is 18.2 Å². The molecule has 0 bridgehead atoms. The van der Waals surface area contributed by atoms with Crippen LogP contribution in [0.4, 0.5) is 8.78 Å². The summed E-state index contributed by atoms with van der Waals surface area (Å²) in [5, 5.41) is 5.87. The number of hydrogen-bond donors (Lipinski definition) is 2. The number of carbonyl (C=O) groups excluding carboxylic acids is 1. The lowest BCUT2D eigenvalue weighted by Crippen LogP contribution is -2.41. The summed E-state index contributed by atoms with van der Waals surface area (Å²) < 4.78 is 26.3. The first-order valence-corrected chi connectivity index (χ1v) is 7.32. The number of halogens is 2. The lowest BCUT2D eigenvalue weighted by molar-refractivity contribution is -0.121. The highest BCUT2D eigenvalue weighted by Gasteiger charge is 2.16. The minimum Gasteiger partial charge on any atom is -0.352 e. The van der Waals surface area contributed by atoms with Gasteiger partial charge in [-0.25, -0.2) is 8.78 Å². The second kappa shape index (κ2) is 6.86. The van der Waals surface area contributed by atoms with Crippen LogP contribution in [0, 0.1) is 11.6 Å². The molecule has 1 aromatic carbocycles. The average molecular weight is 286 g/mol. The van der Waals surface area contributed by atoms with Crippen LogP contribution in [0.3, 0.4) is 0 Å². The van der Waals surface area contributed by atoms with Crippen LogP contribution in [0.25, 0.3) is 0 Å². The van der Waals surface area contributed by atoms with E-state index in [9.17, 15) is 13.6 Å². The largest absolute Gasteiger partial charge is 0.352 e. The van der Waals surface area contributed by atoms with Crippen LogP contribution in [-0.4, -0.2) is 30.0 Å². The maximum Gasteiger partial charge on any atom is 0.221 e. The normalized spacial score (nSPS) is 19.2. The highest BCUT2D eigenvalue weighted by Crippen LogP contribution is 2.11. The van der Waals surface area contributed by atoms with Crippen LogP contribution in [0.2, 0.25) is 0 Å². The topological polar surface area (TPSA) is 41.1 Å². The van der Waals surface area contributed by atoms with E-state index in [2.05, 4.69) is 10.6 Å². The summed E-state index contributed by atoms with van der Waals surface area (Å²) in [6.45, 7) is 0.920. The van der Waals surface area contributed by atoms with Crippen molar-refractivity contribution in [2.75, 3.05) is 18.1 Å². The van der Waals surface area contributed by atoms with Gasteiger partial charge in [0, 0.05) is 42.6 Å². The van der Waals surface area contributed by atoms with Gasteiger partial charge in [0.15, 0.2) is 0 Å². The smallest absolute Gasteiger partial charge is 0.221 e. The number of benzene rings is 1. The first-order valence-electron chi connectivity index (χ1n) is 6.17. The van der Waals surface area contributed by atoms with E-state index in [1.807, 2.05) is 11.8 Å². The summed E-state index contributed by atoms with van der Waals surface area (Å²) in [7, 11) is 0. The molecule has 104 valence electrons. The fourth-order valence-electron chi connectivity index (χ4n) is 1.92. The van der Waals surface area contributed by atoms with Crippen LogP contribution < -0.4 is 10.6 Å². The molecule has 19 heavy (non-hydrogen) atoms. The molecule has 1 fully saturated rings. The lowest BCUT2D eigenvalue weighted by Gasteiger charge is -2.22. The minimum absolute atomic E-state index is 0.0162. The van der Waals surface area contributed by atoms with E-state index in [0.717, 1.165) is 36.2 Å². The Morgan fingerprint density at radius 3 is 3.05 bits per heavy atom. The number of amides is 1. The summed E-state index contributed by atoms with van der Waals surface area (Å²) in [5.74, 6) is 0.807. The van der Waals surface area contributed by atoms with Gasteiger partial charge >= 0.3 is 0 Å². The summed E-state index contributed by atoms with van der Waals surface area (Å²) in [6.07, 6.45) is 0.365. The first kappa shape index (κ1) is 14.3. The van der Waals surface area contributed by atoms with Crippen molar-refractivity contribution < 1.29 is 13.6 Å². The molecule has 0 spiro atoms. The predicted molar refractivity (Wildman–Crippen MR) is 71.9 cm³/mol. The van der Waals surface area contributed by atoms with E-state index < -0.39 is 11.6 Å². The molecule has 2 rings (SSSR count). The van der Waals surface area contributed by atoms with E-state index in [4.69, 9.17) is 0 Å². The quantitative estimate of drug-likeness (QED) is 0.885. The molecule has 6 heteroatoms. The number of hydrogen-bond acceptors (Lipinski definition) is 3. The van der Waals surface area contributed by atoms with Crippen LogP contribution in [0.1, 0.15) is 12.0 Å². The third-order valence-corrected chi connectivity index (χ3v) is 4.04. The van der Waals surface area contributed by atoms with Crippen molar-refractivity contribution in [1.82, 2.24) is 10.6 Å². The standard InChI is InChI=1S/C13H16F2N2OS/c14-10-1-2-12(15)9(5-10)7-17-13(18)6-11-8-19-4-3-16-11/h1-2,5,11,16H,3-4,6-8H2,(H,17,18). The molecule has 1 atom stereocenters. The summed E-state index contributed by atoms with van der Waals surface area (Å²) in [5.41, 5.74) is 0.166. The second-order valence-corrected chi connectivity index (χ2v) is 5.59. The predicted octanol–water partition coefficient (Wildman–Crippen LogP) is 1.68. The van der Waals surface area contributed by atoms with Crippen molar-refractivity contribution in [1.29, 1.82) is 0 Å². The Labute approximate surface area is 115 Å². The third kappa shape index (κ3) is 4.47. The first-order chi connectivity index (χ1) is 9.15. The number of carbonyl (C=O) groups is 1. The van der Waals surface area contributed by atoms with Gasteiger partial charge in [0.2, 0.25) is 5.91 Å². The molecule has 1 aromatic rings. The molecular formula is C13H16F2N2OS. The Balaban J connectivity index is 1.81. The Hall–Kier alpha value is -1.14. The van der Waals surface area contributed by atoms with Gasteiger partial charge in [-0.3, -0.25) is 4.79 Å². The summed E-state index contributed by atoms with van der Waals surface area (Å²) >= 11 is 1.81. The van der Waals surface area contributed by atoms with Crippen molar-refractivity contribution in [3.8, 4) is 0 Å². The van der Waals surface area contributed by atoms with Crippen molar-refractivity contribution in [2.45, 2.75) is 19.0 Å². The fourth-order valence-corrected chi connectivity index (χ4v) is 2.87. The summed E-state index contributed by atoms with van der Waals surface area (Å²) in [4.78, 5) is 11.7. The van der Waals surface area contributed by atoms with E-state index in [1.54, 1.807) is 0 Å². The summed E-state index contributed by atoms with van der Waals surface area (Å²) in [6, 6.07) is 3.39. The molecule has 1 unspecified atom stereocenters. The molecule has 2 N–H and O–H groups in total. The Morgan fingerprint density at radius 2 is 2.32 bits per heavy atom. The molecule has 1 heterocycles. The van der Waals surface area contributed by atoms with Crippen molar-refractivity contribution in [2.24, 2.45) is 0 Å². The molecule has 0 saturated carbocycles. The highest BCUT2D eigenvalue weighted by molar-refractivity contribution is 7.99. The number of nitrogens with one attached hydrogen (secondary N) is 2. The van der Waals surface area contributed by atoms with E-state index in [-0.39, 0.29) is 24.1 Å². The van der Waals surface area contributed by atoms with Crippen LogP contribution >= 0.6 is 11.8 Å². The molecular weight excluding hydrogens is 270 g/mol. The minimum atomic E-state index is -0.506. The molecule has 0 aliphatic carbocycles. The van der Waals surface area contributed by atoms with Gasteiger partial charge in [-0.05, 0) is 18.2 Å². The van der Waals surface area contributed by atoms with Gasteiger partial charge in [-0.2, -0.15) is 11.8 Å². The second-order valence-electron chi connectivity index (χ2n) is 4.44. The number of thioether (sulfide) groups is 1. The van der Waals surface area contributed by atoms with Crippen LogP contribution in [0.5, 0.6) is 0 Å². The molecule has 3 nitrogen and oxygen atoms in total. The van der Waals surface area contributed by atoms with Gasteiger partial charge in [0.05, 0.1) is 0 Å². The SMILES string of the molecule is O=C(CC1CSCCN1)NCc1cc(F)ccc1F. The Bertz CT molecular complexity index is 450. The molecule has 1 saturated heterocycles. The van der Waals surface area contributed by atoms with Crippen molar-refractivity contribution in [3.63, 3.8) is 0 Å². The maximum atomic E-state index is 13.3. The number of rotatable bonds is 4. The zero-order valence-electron chi connectivity index (χ0n) is 10.4. The molecule has 1 aliphatic rings. The Morgan fingerprint density at radius 1 is 1.47 bits per heavy atom. The molecule has 0 radical (unpaired) electrons. The zero-order chi connectivity index (χ0) is 13.7. The zero-order valence-corrected chi connectivity index (χ0v) is 11.2. The van der Waals surface area contributed by atoms with Crippen molar-refractivity contribution >= 4 is 17.7 Å². The monoisotopic (exact) mass is 286 g/mol. The molecule has 0 aromatic heterocycles. The lowest BCUT2D eigenvalue weighted by atomic mass is 10.2. The van der Waals surface area contributed by atoms with Gasteiger partial charge in [0.25, 0.3) is 0 Å².